The minimum absolute atomic E-state index is 0.164. The van der Waals surface area contributed by atoms with Gasteiger partial charge in [-0.05, 0) is 55.5 Å². The molecule has 1 saturated heterocycles. The number of nitrogens with zero attached hydrogens (tertiary/aromatic N) is 2. The monoisotopic (exact) mass is 407 g/mol. The highest BCUT2D eigenvalue weighted by Gasteiger charge is 2.28. The molecule has 28 heavy (non-hydrogen) atoms. The van der Waals surface area contributed by atoms with Gasteiger partial charge in [-0.25, -0.2) is 17.6 Å². The maximum Gasteiger partial charge on any atom is 0.411 e. The van der Waals surface area contributed by atoms with Crippen LogP contribution in [0.25, 0.3) is 0 Å². The number of carbonyl (C=O) groups excluding carboxylic acids is 1. The van der Waals surface area contributed by atoms with Gasteiger partial charge in [0.05, 0.1) is 11.5 Å². The molecule has 1 aliphatic rings. The van der Waals surface area contributed by atoms with Gasteiger partial charge in [-0.3, -0.25) is 5.32 Å². The lowest BCUT2D eigenvalue weighted by Gasteiger charge is -2.35. The minimum atomic E-state index is -3.63. The van der Waals surface area contributed by atoms with E-state index in [0.717, 1.165) is 5.69 Å². The van der Waals surface area contributed by atoms with Crippen LogP contribution in [-0.4, -0.2) is 51.6 Å². The average Bonchev–Trinajstić information content (AvgIpc) is 2.69. The van der Waals surface area contributed by atoms with Gasteiger partial charge in [0.15, 0.2) is 0 Å². The van der Waals surface area contributed by atoms with Crippen molar-refractivity contribution in [2.75, 3.05) is 43.0 Å². The molecule has 1 amide bonds. The van der Waals surface area contributed by atoms with Crippen LogP contribution in [-0.2, 0) is 14.8 Å². The lowest BCUT2D eigenvalue weighted by molar-refractivity contribution is 0.168. The summed E-state index contributed by atoms with van der Waals surface area (Å²) in [6.45, 7) is 3.67. The second kappa shape index (κ2) is 8.57. The quantitative estimate of drug-likeness (QED) is 0.825. The van der Waals surface area contributed by atoms with Crippen LogP contribution in [0.15, 0.2) is 53.4 Å². The van der Waals surface area contributed by atoms with Crippen LogP contribution in [0.1, 0.15) is 6.92 Å². The number of nitrogens with one attached hydrogen (secondary N) is 1. The first-order valence-corrected chi connectivity index (χ1v) is 10.4. The van der Waals surface area contributed by atoms with E-state index in [4.69, 9.17) is 4.74 Å². The fraction of sp³-hybridized carbons (Fsp3) is 0.316. The van der Waals surface area contributed by atoms with Gasteiger partial charge in [0.25, 0.3) is 0 Å². The van der Waals surface area contributed by atoms with Gasteiger partial charge in [-0.15, -0.1) is 0 Å². The van der Waals surface area contributed by atoms with Gasteiger partial charge in [0.2, 0.25) is 10.0 Å². The van der Waals surface area contributed by atoms with Crippen molar-refractivity contribution < 1.29 is 22.3 Å². The summed E-state index contributed by atoms with van der Waals surface area (Å²) >= 11 is 0. The van der Waals surface area contributed by atoms with E-state index in [0.29, 0.717) is 31.9 Å². The molecule has 2 aromatic rings. The molecule has 3 rings (SSSR count). The Morgan fingerprint density at radius 3 is 2.21 bits per heavy atom. The summed E-state index contributed by atoms with van der Waals surface area (Å²) in [7, 11) is -3.63. The molecule has 9 heteroatoms. The summed E-state index contributed by atoms with van der Waals surface area (Å²) in [6.07, 6.45) is -0.588. The predicted molar refractivity (Wildman–Crippen MR) is 104 cm³/mol. The normalized spacial score (nSPS) is 15.3. The van der Waals surface area contributed by atoms with Crippen molar-refractivity contribution in [3.05, 3.63) is 54.3 Å². The standard InChI is InChI=1S/C19H22FN3O4S/c1-2-27-19(24)21-16-5-9-18(10-6-16)28(25,26)23-13-11-22(12-14-23)17-7-3-15(20)4-8-17/h3-10H,2,11-14H2,1H3,(H,21,24). The van der Waals surface area contributed by atoms with E-state index < -0.39 is 16.1 Å². The smallest absolute Gasteiger partial charge is 0.411 e. The summed E-state index contributed by atoms with van der Waals surface area (Å²) in [4.78, 5) is 13.6. The number of sulfonamides is 1. The van der Waals surface area contributed by atoms with Gasteiger partial charge >= 0.3 is 6.09 Å². The van der Waals surface area contributed by atoms with Gasteiger partial charge in [-0.1, -0.05) is 0 Å². The first-order chi connectivity index (χ1) is 13.4. The van der Waals surface area contributed by atoms with Gasteiger partial charge in [0, 0.05) is 37.6 Å². The molecule has 0 spiro atoms. The Kier molecular flexibility index (Phi) is 6.15. The van der Waals surface area contributed by atoms with Crippen LogP contribution in [0, 0.1) is 5.82 Å². The van der Waals surface area contributed by atoms with Crippen LogP contribution < -0.4 is 10.2 Å². The third-order valence-corrected chi connectivity index (χ3v) is 6.36. The molecular formula is C19H22FN3O4S. The Morgan fingerprint density at radius 2 is 1.64 bits per heavy atom. The number of halogens is 1. The molecule has 1 heterocycles. The molecule has 150 valence electrons. The van der Waals surface area contributed by atoms with Crippen molar-refractivity contribution >= 4 is 27.5 Å². The zero-order chi connectivity index (χ0) is 20.1. The molecule has 0 aliphatic carbocycles. The van der Waals surface area contributed by atoms with E-state index in [1.54, 1.807) is 19.1 Å². The van der Waals surface area contributed by atoms with Crippen LogP contribution in [0.2, 0.25) is 0 Å². The maximum atomic E-state index is 13.1. The highest BCUT2D eigenvalue weighted by atomic mass is 32.2. The van der Waals surface area contributed by atoms with E-state index >= 15 is 0 Å². The van der Waals surface area contributed by atoms with Crippen molar-refractivity contribution in [3.63, 3.8) is 0 Å². The third-order valence-electron chi connectivity index (χ3n) is 4.44. The molecule has 2 aromatic carbocycles. The second-order valence-electron chi connectivity index (χ2n) is 6.24. The summed E-state index contributed by atoms with van der Waals surface area (Å²) in [5, 5.41) is 2.53. The van der Waals surface area contributed by atoms with E-state index in [1.165, 1.54) is 40.7 Å². The molecule has 1 aliphatic heterocycles. The third kappa shape index (κ3) is 4.60. The molecular weight excluding hydrogens is 385 g/mol. The molecule has 0 atom stereocenters. The summed E-state index contributed by atoms with van der Waals surface area (Å²) in [5.74, 6) is -0.300. The number of rotatable bonds is 5. The van der Waals surface area contributed by atoms with E-state index in [-0.39, 0.29) is 17.3 Å². The zero-order valence-electron chi connectivity index (χ0n) is 15.5. The van der Waals surface area contributed by atoms with Crippen LogP contribution >= 0.6 is 0 Å². The first-order valence-electron chi connectivity index (χ1n) is 8.94. The molecule has 1 N–H and O–H groups in total. The molecule has 0 aromatic heterocycles. The number of amides is 1. The minimum Gasteiger partial charge on any atom is -0.450 e. The number of carbonyl (C=O) groups is 1. The van der Waals surface area contributed by atoms with E-state index in [1.807, 2.05) is 4.90 Å². The number of benzene rings is 2. The fourth-order valence-corrected chi connectivity index (χ4v) is 4.41. The summed E-state index contributed by atoms with van der Waals surface area (Å²) in [6, 6.07) is 12.1. The molecule has 7 nitrogen and oxygen atoms in total. The Balaban J connectivity index is 1.63. The van der Waals surface area contributed by atoms with E-state index in [9.17, 15) is 17.6 Å². The number of hydrogen-bond donors (Lipinski definition) is 1. The number of ether oxygens (including phenoxy) is 1. The van der Waals surface area contributed by atoms with Gasteiger partial charge in [-0.2, -0.15) is 4.31 Å². The average molecular weight is 407 g/mol. The highest BCUT2D eigenvalue weighted by Crippen LogP contribution is 2.22. The van der Waals surface area contributed by atoms with Gasteiger partial charge < -0.3 is 9.64 Å². The van der Waals surface area contributed by atoms with Crippen molar-refractivity contribution in [2.45, 2.75) is 11.8 Å². The summed E-state index contributed by atoms with van der Waals surface area (Å²) < 4.78 is 45.0. The van der Waals surface area contributed by atoms with Crippen molar-refractivity contribution in [1.29, 1.82) is 0 Å². The molecule has 0 bridgehead atoms. The Morgan fingerprint density at radius 1 is 1.04 bits per heavy atom. The highest BCUT2D eigenvalue weighted by molar-refractivity contribution is 7.89. The van der Waals surface area contributed by atoms with Crippen LogP contribution in [0.4, 0.5) is 20.6 Å². The number of hydrogen-bond acceptors (Lipinski definition) is 5. The molecule has 0 unspecified atom stereocenters. The predicted octanol–water partition coefficient (Wildman–Crippen LogP) is 2.91. The molecule has 0 radical (unpaired) electrons. The summed E-state index contributed by atoms with van der Waals surface area (Å²) in [5.41, 5.74) is 1.33. The fourth-order valence-electron chi connectivity index (χ4n) is 2.98. The second-order valence-corrected chi connectivity index (χ2v) is 8.18. The van der Waals surface area contributed by atoms with Crippen molar-refractivity contribution in [3.8, 4) is 0 Å². The van der Waals surface area contributed by atoms with Crippen LogP contribution in [0.5, 0.6) is 0 Å². The Bertz CT molecular complexity index is 909. The lowest BCUT2D eigenvalue weighted by atomic mass is 10.2. The lowest BCUT2D eigenvalue weighted by Crippen LogP contribution is -2.48. The SMILES string of the molecule is CCOC(=O)Nc1ccc(S(=O)(=O)N2CCN(c3ccc(F)cc3)CC2)cc1. The topological polar surface area (TPSA) is 78.9 Å². The first kappa shape index (κ1) is 20.1. The molecule has 0 saturated carbocycles. The largest absolute Gasteiger partial charge is 0.450 e. The number of anilines is 2. The van der Waals surface area contributed by atoms with Crippen LogP contribution in [0.3, 0.4) is 0 Å². The van der Waals surface area contributed by atoms with Gasteiger partial charge in [0.1, 0.15) is 5.82 Å². The number of piperazine rings is 1. The van der Waals surface area contributed by atoms with Crippen molar-refractivity contribution in [2.24, 2.45) is 0 Å². The Hall–Kier alpha value is -2.65. The maximum absolute atomic E-state index is 13.1. The van der Waals surface area contributed by atoms with Crippen molar-refractivity contribution in [1.82, 2.24) is 4.31 Å². The zero-order valence-corrected chi connectivity index (χ0v) is 16.3. The van der Waals surface area contributed by atoms with E-state index in [2.05, 4.69) is 5.32 Å². The molecule has 1 fully saturated rings. The Labute approximate surface area is 163 Å².